The zero-order valence-corrected chi connectivity index (χ0v) is 7.07. The lowest BCUT2D eigenvalue weighted by Gasteiger charge is -2.17. The molecular weight excluding hydrogens is 154 g/mol. The Kier molecular flexibility index (Phi) is 3.60. The molecule has 12 heavy (non-hydrogen) atoms. The molecule has 0 aromatic rings. The van der Waals surface area contributed by atoms with Gasteiger partial charge in [0.15, 0.2) is 0 Å². The Labute approximate surface area is 72.3 Å². The summed E-state index contributed by atoms with van der Waals surface area (Å²) >= 11 is 0. The molecule has 0 bridgehead atoms. The van der Waals surface area contributed by atoms with Crippen LogP contribution in [-0.2, 0) is 4.74 Å². The van der Waals surface area contributed by atoms with E-state index in [1.54, 1.807) is 6.21 Å². The lowest BCUT2D eigenvalue weighted by Crippen LogP contribution is -2.19. The first kappa shape index (κ1) is 9.06. The van der Waals surface area contributed by atoms with E-state index in [0.717, 1.165) is 26.1 Å². The number of hydrogen-bond acceptors (Lipinski definition) is 4. The van der Waals surface area contributed by atoms with Gasteiger partial charge in [-0.3, -0.25) is 4.99 Å². The second kappa shape index (κ2) is 4.77. The molecule has 0 radical (unpaired) electrons. The first-order valence-corrected chi connectivity index (χ1v) is 4.11. The Bertz CT molecular complexity index is 183. The molecule has 0 spiro atoms. The number of rotatable bonds is 2. The van der Waals surface area contributed by atoms with Gasteiger partial charge >= 0.3 is 0 Å². The molecule has 0 atom stereocenters. The SMILES string of the molecule is NC=C(N)C=NC1CCOCC1. The summed E-state index contributed by atoms with van der Waals surface area (Å²) in [5.41, 5.74) is 11.1. The van der Waals surface area contributed by atoms with Crippen molar-refractivity contribution in [1.82, 2.24) is 0 Å². The predicted octanol–water partition coefficient (Wildman–Crippen LogP) is -0.00500. The van der Waals surface area contributed by atoms with Crippen molar-refractivity contribution in [3.05, 3.63) is 11.9 Å². The van der Waals surface area contributed by atoms with Crippen molar-refractivity contribution in [1.29, 1.82) is 0 Å². The average molecular weight is 169 g/mol. The lowest BCUT2D eigenvalue weighted by atomic mass is 10.1. The second-order valence-electron chi connectivity index (χ2n) is 2.79. The van der Waals surface area contributed by atoms with Gasteiger partial charge in [0.05, 0.1) is 11.7 Å². The van der Waals surface area contributed by atoms with Gasteiger partial charge in [-0.1, -0.05) is 0 Å². The molecule has 0 aliphatic carbocycles. The monoisotopic (exact) mass is 169 g/mol. The van der Waals surface area contributed by atoms with E-state index in [0.29, 0.717) is 11.7 Å². The number of allylic oxidation sites excluding steroid dienone is 1. The van der Waals surface area contributed by atoms with Crippen LogP contribution in [0.5, 0.6) is 0 Å². The van der Waals surface area contributed by atoms with Gasteiger partial charge in [-0.25, -0.2) is 0 Å². The van der Waals surface area contributed by atoms with E-state index in [1.807, 2.05) is 0 Å². The number of nitrogens with two attached hydrogens (primary N) is 2. The molecule has 4 heteroatoms. The zero-order valence-electron chi connectivity index (χ0n) is 7.07. The van der Waals surface area contributed by atoms with E-state index in [1.165, 1.54) is 6.20 Å². The summed E-state index contributed by atoms with van der Waals surface area (Å²) in [6.07, 6.45) is 4.93. The third-order valence-electron chi connectivity index (χ3n) is 1.82. The Morgan fingerprint density at radius 3 is 2.67 bits per heavy atom. The number of aliphatic imine (C=N–C) groups is 1. The Morgan fingerprint density at radius 2 is 2.08 bits per heavy atom. The summed E-state index contributed by atoms with van der Waals surface area (Å²) in [5.74, 6) is 0. The minimum Gasteiger partial charge on any atom is -0.403 e. The van der Waals surface area contributed by atoms with Gasteiger partial charge in [0.25, 0.3) is 0 Å². The fourth-order valence-corrected chi connectivity index (χ4v) is 1.07. The summed E-state index contributed by atoms with van der Waals surface area (Å²) in [6.45, 7) is 1.60. The van der Waals surface area contributed by atoms with E-state index < -0.39 is 0 Å². The molecule has 1 heterocycles. The molecule has 0 unspecified atom stereocenters. The van der Waals surface area contributed by atoms with Crippen LogP contribution < -0.4 is 11.5 Å². The van der Waals surface area contributed by atoms with E-state index >= 15 is 0 Å². The fraction of sp³-hybridized carbons (Fsp3) is 0.625. The second-order valence-corrected chi connectivity index (χ2v) is 2.79. The number of nitrogens with zero attached hydrogens (tertiary/aromatic N) is 1. The van der Waals surface area contributed by atoms with Crippen LogP contribution >= 0.6 is 0 Å². The zero-order chi connectivity index (χ0) is 8.81. The molecule has 0 amide bonds. The number of hydrogen-bond donors (Lipinski definition) is 2. The maximum atomic E-state index is 5.45. The summed E-state index contributed by atoms with van der Waals surface area (Å²) in [7, 11) is 0. The highest BCUT2D eigenvalue weighted by Crippen LogP contribution is 2.09. The van der Waals surface area contributed by atoms with Crippen molar-refractivity contribution in [2.45, 2.75) is 18.9 Å². The van der Waals surface area contributed by atoms with Crippen LogP contribution in [0.15, 0.2) is 16.9 Å². The summed E-state index contributed by atoms with van der Waals surface area (Å²) in [4.78, 5) is 4.28. The Hall–Kier alpha value is -1.03. The quantitative estimate of drug-likeness (QED) is 0.571. The lowest BCUT2D eigenvalue weighted by molar-refractivity contribution is 0.0872. The molecule has 1 saturated heterocycles. The summed E-state index contributed by atoms with van der Waals surface area (Å²) < 4.78 is 5.19. The van der Waals surface area contributed by atoms with Gasteiger partial charge in [-0.2, -0.15) is 0 Å². The van der Waals surface area contributed by atoms with E-state index in [9.17, 15) is 0 Å². The molecular formula is C8H15N3O. The topological polar surface area (TPSA) is 73.6 Å². The standard InChI is InChI=1S/C8H15N3O/c9-5-7(10)6-11-8-1-3-12-4-2-8/h5-6,8H,1-4,9-10H2. The normalized spacial score (nSPS) is 21.8. The van der Waals surface area contributed by atoms with Crippen LogP contribution in [-0.4, -0.2) is 25.5 Å². The van der Waals surface area contributed by atoms with Crippen LogP contribution in [0.4, 0.5) is 0 Å². The Morgan fingerprint density at radius 1 is 1.42 bits per heavy atom. The van der Waals surface area contributed by atoms with Gasteiger partial charge in [-0.05, 0) is 12.8 Å². The molecule has 0 aromatic carbocycles. The van der Waals surface area contributed by atoms with Crippen molar-refractivity contribution >= 4 is 6.21 Å². The maximum Gasteiger partial charge on any atom is 0.0653 e. The van der Waals surface area contributed by atoms with Crippen LogP contribution in [0.3, 0.4) is 0 Å². The highest BCUT2D eigenvalue weighted by molar-refractivity contribution is 5.77. The van der Waals surface area contributed by atoms with Crippen molar-refractivity contribution in [3.63, 3.8) is 0 Å². The molecule has 1 rings (SSSR count). The first-order chi connectivity index (χ1) is 5.83. The van der Waals surface area contributed by atoms with Crippen LogP contribution in [0.2, 0.25) is 0 Å². The van der Waals surface area contributed by atoms with Crippen molar-refractivity contribution < 1.29 is 4.74 Å². The predicted molar refractivity (Wildman–Crippen MR) is 48.8 cm³/mol. The van der Waals surface area contributed by atoms with Gasteiger partial charge in [0.1, 0.15) is 0 Å². The molecule has 1 aliphatic rings. The molecule has 0 saturated carbocycles. The highest BCUT2D eigenvalue weighted by atomic mass is 16.5. The summed E-state index contributed by atoms with van der Waals surface area (Å²) in [5, 5.41) is 0. The molecule has 0 aromatic heterocycles. The van der Waals surface area contributed by atoms with Gasteiger partial charge in [-0.15, -0.1) is 0 Å². The van der Waals surface area contributed by atoms with Crippen molar-refractivity contribution in [2.75, 3.05) is 13.2 Å². The molecule has 68 valence electrons. The third-order valence-corrected chi connectivity index (χ3v) is 1.82. The van der Waals surface area contributed by atoms with Crippen LogP contribution in [0, 0.1) is 0 Å². The molecule has 1 aliphatic heterocycles. The molecule has 4 nitrogen and oxygen atoms in total. The van der Waals surface area contributed by atoms with Crippen molar-refractivity contribution in [2.24, 2.45) is 16.5 Å². The maximum absolute atomic E-state index is 5.45. The highest BCUT2D eigenvalue weighted by Gasteiger charge is 2.10. The van der Waals surface area contributed by atoms with Crippen LogP contribution in [0.25, 0.3) is 0 Å². The van der Waals surface area contributed by atoms with E-state index in [2.05, 4.69) is 4.99 Å². The minimum atomic E-state index is 0.359. The molecule has 4 N–H and O–H groups in total. The fourth-order valence-electron chi connectivity index (χ4n) is 1.07. The third kappa shape index (κ3) is 2.92. The van der Waals surface area contributed by atoms with E-state index in [-0.39, 0.29) is 0 Å². The van der Waals surface area contributed by atoms with Crippen LogP contribution in [0.1, 0.15) is 12.8 Å². The van der Waals surface area contributed by atoms with Gasteiger partial charge < -0.3 is 16.2 Å². The van der Waals surface area contributed by atoms with Gasteiger partial charge in [0, 0.05) is 25.6 Å². The Balaban J connectivity index is 2.33. The van der Waals surface area contributed by atoms with Gasteiger partial charge in [0.2, 0.25) is 0 Å². The molecule has 1 fully saturated rings. The largest absolute Gasteiger partial charge is 0.403 e. The smallest absolute Gasteiger partial charge is 0.0653 e. The minimum absolute atomic E-state index is 0.359. The average Bonchev–Trinajstić information content (AvgIpc) is 2.16. The number of ether oxygens (including phenoxy) is 1. The van der Waals surface area contributed by atoms with Crippen molar-refractivity contribution in [3.8, 4) is 0 Å². The van der Waals surface area contributed by atoms with E-state index in [4.69, 9.17) is 16.2 Å². The summed E-state index contributed by atoms with van der Waals surface area (Å²) in [6, 6.07) is 0.359. The first-order valence-electron chi connectivity index (χ1n) is 4.11.